The Morgan fingerprint density at radius 2 is 2.06 bits per heavy atom. The minimum absolute atomic E-state index is 0.277. The van der Waals surface area contributed by atoms with Crippen molar-refractivity contribution in [2.45, 2.75) is 0 Å². The lowest BCUT2D eigenvalue weighted by molar-refractivity contribution is 0.0996. The first-order valence-corrected chi connectivity index (χ1v) is 5.43. The lowest BCUT2D eigenvalue weighted by Crippen LogP contribution is -2.10. The molecule has 2 rings (SSSR count). The van der Waals surface area contributed by atoms with Gasteiger partial charge in [0.15, 0.2) is 5.76 Å². The largest absolute Gasteiger partial charge is 0.459 e. The molecule has 4 heteroatoms. The van der Waals surface area contributed by atoms with Crippen molar-refractivity contribution in [1.82, 2.24) is 0 Å². The molecule has 0 fully saturated rings. The fraction of sp³-hybridized carbons (Fsp3) is 0.0714. The number of benzene rings is 1. The molecular formula is C14H12N2O2. The fourth-order valence-corrected chi connectivity index (χ4v) is 1.39. The summed E-state index contributed by atoms with van der Waals surface area (Å²) in [7, 11) is 0. The summed E-state index contributed by atoms with van der Waals surface area (Å²) in [6, 6.07) is 10.5. The summed E-state index contributed by atoms with van der Waals surface area (Å²) in [5.74, 6) is 5.67. The van der Waals surface area contributed by atoms with Crippen LogP contribution in [0.5, 0.6) is 0 Å². The van der Waals surface area contributed by atoms with Gasteiger partial charge in [-0.2, -0.15) is 0 Å². The lowest BCUT2D eigenvalue weighted by atomic mass is 10.2. The van der Waals surface area contributed by atoms with Crippen LogP contribution in [0.3, 0.4) is 0 Å². The van der Waals surface area contributed by atoms with Crippen LogP contribution in [0.2, 0.25) is 0 Å². The summed E-state index contributed by atoms with van der Waals surface area (Å²) in [6.45, 7) is 0.330. The second-order valence-electron chi connectivity index (χ2n) is 3.51. The first kappa shape index (κ1) is 12.0. The summed E-state index contributed by atoms with van der Waals surface area (Å²) in [5.41, 5.74) is 6.83. The van der Waals surface area contributed by atoms with Gasteiger partial charge in [-0.25, -0.2) is 0 Å². The van der Waals surface area contributed by atoms with E-state index in [0.29, 0.717) is 12.2 Å². The number of nitrogens with one attached hydrogen (secondary N) is 1. The molecule has 0 aliphatic rings. The molecule has 0 radical (unpaired) electrons. The molecule has 4 nitrogen and oxygen atoms in total. The predicted octanol–water partition coefficient (Wildman–Crippen LogP) is 1.84. The van der Waals surface area contributed by atoms with Gasteiger partial charge in [0.2, 0.25) is 0 Å². The Morgan fingerprint density at radius 1 is 1.28 bits per heavy atom. The van der Waals surface area contributed by atoms with E-state index in [-0.39, 0.29) is 11.7 Å². The van der Waals surface area contributed by atoms with E-state index in [1.54, 1.807) is 24.3 Å². The molecule has 2 aromatic rings. The van der Waals surface area contributed by atoms with E-state index in [9.17, 15) is 4.79 Å². The molecule has 1 heterocycles. The standard InChI is InChI=1S/C14H12N2O2/c15-9-1-3-11-5-7-12(8-6-11)16-14(17)13-4-2-10-18-13/h2,4-8,10H,9,15H2,(H,16,17). The highest BCUT2D eigenvalue weighted by atomic mass is 16.3. The normalized spacial score (nSPS) is 9.39. The highest BCUT2D eigenvalue weighted by Gasteiger charge is 2.07. The van der Waals surface area contributed by atoms with Crippen LogP contribution in [0.15, 0.2) is 47.1 Å². The van der Waals surface area contributed by atoms with Gasteiger partial charge in [-0.3, -0.25) is 4.79 Å². The molecule has 0 aliphatic carbocycles. The Morgan fingerprint density at radius 3 is 2.67 bits per heavy atom. The number of hydrogen-bond donors (Lipinski definition) is 2. The SMILES string of the molecule is NCC#Cc1ccc(NC(=O)c2ccco2)cc1. The molecule has 18 heavy (non-hydrogen) atoms. The highest BCUT2D eigenvalue weighted by molar-refractivity contribution is 6.02. The van der Waals surface area contributed by atoms with Crippen molar-refractivity contribution in [3.05, 3.63) is 54.0 Å². The van der Waals surface area contributed by atoms with E-state index in [2.05, 4.69) is 17.2 Å². The highest BCUT2D eigenvalue weighted by Crippen LogP contribution is 2.11. The van der Waals surface area contributed by atoms with Gasteiger partial charge < -0.3 is 15.5 Å². The molecule has 3 N–H and O–H groups in total. The van der Waals surface area contributed by atoms with Crippen LogP contribution in [0.25, 0.3) is 0 Å². The number of hydrogen-bond acceptors (Lipinski definition) is 3. The minimum Gasteiger partial charge on any atom is -0.459 e. The monoisotopic (exact) mass is 240 g/mol. The summed E-state index contributed by atoms with van der Waals surface area (Å²) in [4.78, 5) is 11.7. The average Bonchev–Trinajstić information content (AvgIpc) is 2.92. The van der Waals surface area contributed by atoms with E-state index >= 15 is 0 Å². The maximum absolute atomic E-state index is 11.7. The van der Waals surface area contributed by atoms with Crippen LogP contribution in [-0.2, 0) is 0 Å². The minimum atomic E-state index is -0.277. The number of amides is 1. The van der Waals surface area contributed by atoms with Crippen molar-refractivity contribution in [2.24, 2.45) is 5.73 Å². The number of carbonyl (C=O) groups is 1. The molecule has 1 amide bonds. The zero-order valence-corrected chi connectivity index (χ0v) is 9.64. The molecule has 0 unspecified atom stereocenters. The number of furan rings is 1. The molecule has 0 saturated heterocycles. The van der Waals surface area contributed by atoms with Crippen molar-refractivity contribution in [3.63, 3.8) is 0 Å². The third kappa shape index (κ3) is 3.00. The smallest absolute Gasteiger partial charge is 0.291 e. The van der Waals surface area contributed by atoms with Crippen LogP contribution in [0, 0.1) is 11.8 Å². The van der Waals surface area contributed by atoms with E-state index in [1.165, 1.54) is 6.26 Å². The first-order valence-electron chi connectivity index (χ1n) is 5.43. The van der Waals surface area contributed by atoms with E-state index in [0.717, 1.165) is 5.56 Å². The van der Waals surface area contributed by atoms with Crippen LogP contribution >= 0.6 is 0 Å². The third-order valence-electron chi connectivity index (χ3n) is 2.22. The van der Waals surface area contributed by atoms with Crippen LogP contribution < -0.4 is 11.1 Å². The quantitative estimate of drug-likeness (QED) is 0.787. The van der Waals surface area contributed by atoms with Gasteiger partial charge in [-0.05, 0) is 36.4 Å². The molecule has 0 saturated carbocycles. The van der Waals surface area contributed by atoms with E-state index < -0.39 is 0 Å². The van der Waals surface area contributed by atoms with Gasteiger partial charge >= 0.3 is 0 Å². The van der Waals surface area contributed by atoms with Crippen LogP contribution in [0.4, 0.5) is 5.69 Å². The number of rotatable bonds is 2. The topological polar surface area (TPSA) is 68.3 Å². The van der Waals surface area contributed by atoms with Crippen molar-refractivity contribution >= 4 is 11.6 Å². The van der Waals surface area contributed by atoms with Crippen molar-refractivity contribution < 1.29 is 9.21 Å². The molecule has 90 valence electrons. The third-order valence-corrected chi connectivity index (χ3v) is 2.22. The van der Waals surface area contributed by atoms with Crippen molar-refractivity contribution in [1.29, 1.82) is 0 Å². The Kier molecular flexibility index (Phi) is 3.79. The van der Waals surface area contributed by atoms with Crippen LogP contribution in [0.1, 0.15) is 16.1 Å². The summed E-state index contributed by atoms with van der Waals surface area (Å²) in [6.07, 6.45) is 1.46. The average molecular weight is 240 g/mol. The molecule has 1 aromatic carbocycles. The Bertz CT molecular complexity index is 575. The number of nitrogens with two attached hydrogens (primary N) is 1. The van der Waals surface area contributed by atoms with Gasteiger partial charge in [0, 0.05) is 11.3 Å². The van der Waals surface area contributed by atoms with Gasteiger partial charge in [0.05, 0.1) is 12.8 Å². The molecule has 0 bridgehead atoms. The van der Waals surface area contributed by atoms with Crippen LogP contribution in [-0.4, -0.2) is 12.5 Å². The molecular weight excluding hydrogens is 228 g/mol. The molecule has 0 atom stereocenters. The van der Waals surface area contributed by atoms with E-state index in [1.807, 2.05) is 12.1 Å². The van der Waals surface area contributed by atoms with Crippen molar-refractivity contribution in [2.75, 3.05) is 11.9 Å². The van der Waals surface area contributed by atoms with E-state index in [4.69, 9.17) is 10.2 Å². The van der Waals surface area contributed by atoms with Gasteiger partial charge in [-0.15, -0.1) is 0 Å². The van der Waals surface area contributed by atoms with Crippen molar-refractivity contribution in [3.8, 4) is 11.8 Å². The second kappa shape index (κ2) is 5.71. The van der Waals surface area contributed by atoms with Gasteiger partial charge in [0.25, 0.3) is 5.91 Å². The predicted molar refractivity (Wildman–Crippen MR) is 69.0 cm³/mol. The molecule has 0 spiro atoms. The van der Waals surface area contributed by atoms with Gasteiger partial charge in [-0.1, -0.05) is 11.8 Å². The summed E-state index contributed by atoms with van der Waals surface area (Å²) >= 11 is 0. The zero-order chi connectivity index (χ0) is 12.8. The molecule has 1 aromatic heterocycles. The Hall–Kier alpha value is -2.51. The Balaban J connectivity index is 2.04. The summed E-state index contributed by atoms with van der Waals surface area (Å²) < 4.78 is 5.00. The second-order valence-corrected chi connectivity index (χ2v) is 3.51. The Labute approximate surface area is 105 Å². The maximum atomic E-state index is 11.7. The van der Waals surface area contributed by atoms with Gasteiger partial charge in [0.1, 0.15) is 0 Å². The zero-order valence-electron chi connectivity index (χ0n) is 9.64. The lowest BCUT2D eigenvalue weighted by Gasteiger charge is -2.02. The number of carbonyl (C=O) groups excluding carboxylic acids is 1. The molecule has 0 aliphatic heterocycles. The summed E-state index contributed by atoms with van der Waals surface area (Å²) in [5, 5.41) is 2.72. The number of anilines is 1. The maximum Gasteiger partial charge on any atom is 0.291 e. The first-order chi connectivity index (χ1) is 8.79. The fourth-order valence-electron chi connectivity index (χ4n) is 1.39.